The summed E-state index contributed by atoms with van der Waals surface area (Å²) >= 11 is 1.72. The van der Waals surface area contributed by atoms with E-state index < -0.39 is 5.97 Å². The molecule has 0 radical (unpaired) electrons. The molecule has 2 aromatic rings. The molecule has 0 atom stereocenters. The van der Waals surface area contributed by atoms with Crippen molar-refractivity contribution in [1.82, 2.24) is 0 Å². The van der Waals surface area contributed by atoms with E-state index in [1.54, 1.807) is 23.5 Å². The maximum atomic E-state index is 11.7. The number of carbonyl (C=O) groups excluding carboxylic acids is 1. The number of esters is 1. The quantitative estimate of drug-likeness (QED) is 0.679. The molecule has 0 aliphatic heterocycles. The fourth-order valence-electron chi connectivity index (χ4n) is 2.00. The first-order valence-electron chi connectivity index (χ1n) is 6.41. The van der Waals surface area contributed by atoms with Gasteiger partial charge in [0, 0.05) is 22.8 Å². The summed E-state index contributed by atoms with van der Waals surface area (Å²) in [4.78, 5) is 15.2. The fraction of sp³-hybridized carbons (Fsp3) is 0.267. The molecule has 0 fully saturated rings. The number of ether oxygens (including phenoxy) is 1. The van der Waals surface area contributed by atoms with Crippen molar-refractivity contribution in [3.63, 3.8) is 0 Å². The van der Waals surface area contributed by atoms with Gasteiger partial charge in [-0.2, -0.15) is 0 Å². The van der Waals surface area contributed by atoms with Gasteiger partial charge in [-0.25, -0.2) is 4.79 Å². The first-order valence-corrected chi connectivity index (χ1v) is 7.28. The molecular formula is C15H18N2O2S. The molecule has 0 bridgehead atoms. The van der Waals surface area contributed by atoms with Crippen LogP contribution in [0.15, 0.2) is 35.7 Å². The number of rotatable bonds is 5. The second kappa shape index (κ2) is 6.43. The van der Waals surface area contributed by atoms with Gasteiger partial charge in [-0.15, -0.1) is 11.3 Å². The summed E-state index contributed by atoms with van der Waals surface area (Å²) in [5.41, 5.74) is 7.64. The summed E-state index contributed by atoms with van der Waals surface area (Å²) in [6.45, 7) is 3.75. The van der Waals surface area contributed by atoms with Crippen LogP contribution < -0.4 is 10.6 Å². The van der Waals surface area contributed by atoms with Crippen LogP contribution in [0, 0.1) is 0 Å². The zero-order valence-corrected chi connectivity index (χ0v) is 12.4. The Kier molecular flexibility index (Phi) is 4.63. The maximum absolute atomic E-state index is 11.7. The number of benzene rings is 1. The molecule has 0 amide bonds. The maximum Gasteiger partial charge on any atom is 0.340 e. The molecule has 106 valence electrons. The molecule has 1 aromatic carbocycles. The van der Waals surface area contributed by atoms with Gasteiger partial charge >= 0.3 is 5.97 Å². The normalized spacial score (nSPS) is 10.3. The van der Waals surface area contributed by atoms with Gasteiger partial charge in [-0.1, -0.05) is 6.07 Å². The van der Waals surface area contributed by atoms with Gasteiger partial charge in [0.25, 0.3) is 0 Å². The molecule has 0 aliphatic rings. The number of thiophene rings is 1. The third kappa shape index (κ3) is 3.11. The first-order chi connectivity index (χ1) is 9.65. The Bertz CT molecular complexity index is 582. The van der Waals surface area contributed by atoms with E-state index in [2.05, 4.69) is 23.3 Å². The summed E-state index contributed by atoms with van der Waals surface area (Å²) in [5, 5.41) is 2.06. The van der Waals surface area contributed by atoms with Gasteiger partial charge in [0.1, 0.15) is 0 Å². The lowest BCUT2D eigenvalue weighted by Gasteiger charge is -2.23. The zero-order chi connectivity index (χ0) is 14.5. The van der Waals surface area contributed by atoms with Crippen molar-refractivity contribution in [2.24, 2.45) is 0 Å². The second-order valence-electron chi connectivity index (χ2n) is 4.36. The average molecular weight is 290 g/mol. The van der Waals surface area contributed by atoms with Crippen molar-refractivity contribution in [2.45, 2.75) is 13.5 Å². The number of methoxy groups -OCH3 is 1. The smallest absolute Gasteiger partial charge is 0.340 e. The predicted octanol–water partition coefficient (Wildman–Crippen LogP) is 3.14. The molecule has 1 heterocycles. The van der Waals surface area contributed by atoms with E-state index >= 15 is 0 Å². The van der Waals surface area contributed by atoms with Crippen LogP contribution in [0.25, 0.3) is 0 Å². The molecule has 0 spiro atoms. The van der Waals surface area contributed by atoms with E-state index in [4.69, 9.17) is 10.5 Å². The second-order valence-corrected chi connectivity index (χ2v) is 5.39. The van der Waals surface area contributed by atoms with E-state index in [1.807, 2.05) is 12.1 Å². The molecule has 5 heteroatoms. The number of nitrogens with two attached hydrogens (primary N) is 1. The minimum Gasteiger partial charge on any atom is -0.465 e. The number of nitrogens with zero attached hydrogens (tertiary/aromatic N) is 1. The number of hydrogen-bond acceptors (Lipinski definition) is 5. The highest BCUT2D eigenvalue weighted by Crippen LogP contribution is 2.24. The number of nitrogen functional groups attached to an aromatic ring is 1. The minimum absolute atomic E-state index is 0.406. The van der Waals surface area contributed by atoms with Gasteiger partial charge in [0.2, 0.25) is 0 Å². The molecule has 2 N–H and O–H groups in total. The molecule has 20 heavy (non-hydrogen) atoms. The highest BCUT2D eigenvalue weighted by molar-refractivity contribution is 7.09. The lowest BCUT2D eigenvalue weighted by atomic mass is 10.1. The van der Waals surface area contributed by atoms with Crippen molar-refractivity contribution >= 4 is 28.7 Å². The molecule has 0 saturated heterocycles. The van der Waals surface area contributed by atoms with E-state index in [0.717, 1.165) is 18.8 Å². The molecule has 4 nitrogen and oxygen atoms in total. The molecule has 1 aromatic heterocycles. The average Bonchev–Trinajstić information content (AvgIpc) is 2.97. The summed E-state index contributed by atoms with van der Waals surface area (Å²) < 4.78 is 4.76. The van der Waals surface area contributed by atoms with Gasteiger partial charge in [0.05, 0.1) is 19.2 Å². The van der Waals surface area contributed by atoms with Crippen LogP contribution in [-0.2, 0) is 11.3 Å². The Balaban J connectivity index is 2.28. The fourth-order valence-corrected chi connectivity index (χ4v) is 2.72. The van der Waals surface area contributed by atoms with Gasteiger partial charge in [0.15, 0.2) is 0 Å². The van der Waals surface area contributed by atoms with Crippen LogP contribution in [0.4, 0.5) is 11.4 Å². The first kappa shape index (κ1) is 14.4. The van der Waals surface area contributed by atoms with E-state index in [1.165, 1.54) is 12.0 Å². The lowest BCUT2D eigenvalue weighted by molar-refractivity contribution is 0.0602. The van der Waals surface area contributed by atoms with Gasteiger partial charge in [-0.05, 0) is 36.6 Å². The Morgan fingerprint density at radius 1 is 1.40 bits per heavy atom. The van der Waals surface area contributed by atoms with Crippen molar-refractivity contribution in [3.05, 3.63) is 46.2 Å². The molecular weight excluding hydrogens is 272 g/mol. The van der Waals surface area contributed by atoms with Crippen LogP contribution in [0.3, 0.4) is 0 Å². The standard InChI is InChI=1S/C15H18N2O2S/c1-3-17(10-12-5-4-8-20-12)11-6-7-14(16)13(9-11)15(18)19-2/h4-9H,3,10,16H2,1-2H3. The van der Waals surface area contributed by atoms with E-state index in [9.17, 15) is 4.79 Å². The van der Waals surface area contributed by atoms with E-state index in [0.29, 0.717) is 11.3 Å². The van der Waals surface area contributed by atoms with Crippen molar-refractivity contribution in [1.29, 1.82) is 0 Å². The highest BCUT2D eigenvalue weighted by atomic mass is 32.1. The third-order valence-electron chi connectivity index (χ3n) is 3.12. The van der Waals surface area contributed by atoms with Gasteiger partial charge < -0.3 is 15.4 Å². The highest BCUT2D eigenvalue weighted by Gasteiger charge is 2.13. The van der Waals surface area contributed by atoms with Crippen molar-refractivity contribution < 1.29 is 9.53 Å². The Hall–Kier alpha value is -2.01. The number of anilines is 2. The topological polar surface area (TPSA) is 55.6 Å². The van der Waals surface area contributed by atoms with Crippen molar-refractivity contribution in [3.8, 4) is 0 Å². The monoisotopic (exact) mass is 290 g/mol. The van der Waals surface area contributed by atoms with E-state index in [-0.39, 0.29) is 0 Å². The Morgan fingerprint density at radius 2 is 2.20 bits per heavy atom. The summed E-state index contributed by atoms with van der Waals surface area (Å²) in [7, 11) is 1.36. The number of hydrogen-bond donors (Lipinski definition) is 1. The summed E-state index contributed by atoms with van der Waals surface area (Å²) in [6.07, 6.45) is 0. The van der Waals surface area contributed by atoms with Crippen LogP contribution in [-0.4, -0.2) is 19.6 Å². The Morgan fingerprint density at radius 3 is 2.80 bits per heavy atom. The third-order valence-corrected chi connectivity index (χ3v) is 3.98. The number of carbonyl (C=O) groups is 1. The molecule has 0 saturated carbocycles. The summed E-state index contributed by atoms with van der Waals surface area (Å²) in [6, 6.07) is 9.61. The molecule has 2 rings (SSSR count). The minimum atomic E-state index is -0.406. The van der Waals surface area contributed by atoms with Gasteiger partial charge in [-0.3, -0.25) is 0 Å². The largest absolute Gasteiger partial charge is 0.465 e. The SMILES string of the molecule is CCN(Cc1cccs1)c1ccc(N)c(C(=O)OC)c1. The molecule has 0 aliphatic carbocycles. The predicted molar refractivity (Wildman–Crippen MR) is 83.2 cm³/mol. The lowest BCUT2D eigenvalue weighted by Crippen LogP contribution is -2.22. The zero-order valence-electron chi connectivity index (χ0n) is 11.6. The van der Waals surface area contributed by atoms with Crippen LogP contribution in [0.5, 0.6) is 0 Å². The summed E-state index contributed by atoms with van der Waals surface area (Å²) in [5.74, 6) is -0.406. The van der Waals surface area contributed by atoms with Crippen LogP contribution >= 0.6 is 11.3 Å². The van der Waals surface area contributed by atoms with Crippen LogP contribution in [0.2, 0.25) is 0 Å². The van der Waals surface area contributed by atoms with Crippen LogP contribution in [0.1, 0.15) is 22.2 Å². The molecule has 0 unspecified atom stereocenters. The Labute approximate surface area is 122 Å². The van der Waals surface area contributed by atoms with Crippen molar-refractivity contribution in [2.75, 3.05) is 24.3 Å².